The van der Waals surface area contributed by atoms with Crippen LogP contribution in [0, 0.1) is 11.7 Å². The van der Waals surface area contributed by atoms with Crippen molar-refractivity contribution in [2.75, 3.05) is 6.54 Å². The minimum absolute atomic E-state index is 0.000703. The summed E-state index contributed by atoms with van der Waals surface area (Å²) in [7, 11) is 1.60. The van der Waals surface area contributed by atoms with E-state index in [1.54, 1.807) is 43.7 Å². The number of nitrogens with zero attached hydrogens (tertiary/aromatic N) is 4. The van der Waals surface area contributed by atoms with Gasteiger partial charge in [-0.05, 0) is 59.7 Å². The summed E-state index contributed by atoms with van der Waals surface area (Å²) in [6.45, 7) is 8.72. The molecule has 0 spiro atoms. The molecule has 8 nitrogen and oxygen atoms in total. The summed E-state index contributed by atoms with van der Waals surface area (Å²) in [5.41, 5.74) is 9.11. The van der Waals surface area contributed by atoms with E-state index in [0.29, 0.717) is 36.6 Å². The largest absolute Gasteiger partial charge is 0.493 e. The van der Waals surface area contributed by atoms with Crippen LogP contribution >= 0.6 is 0 Å². The number of hydrogen-bond acceptors (Lipinski definition) is 6. The van der Waals surface area contributed by atoms with Crippen molar-refractivity contribution >= 4 is 11.9 Å². The predicted molar refractivity (Wildman–Crippen MR) is 170 cm³/mol. The van der Waals surface area contributed by atoms with Crippen LogP contribution in [-0.4, -0.2) is 32.0 Å². The Bertz CT molecular complexity index is 1800. The molecule has 4 rings (SSSR count). The lowest BCUT2D eigenvalue weighted by molar-refractivity contribution is 0.441. The third-order valence-corrected chi connectivity index (χ3v) is 7.26. The highest BCUT2D eigenvalue weighted by Gasteiger charge is 2.23. The number of halogens is 1. The van der Waals surface area contributed by atoms with Gasteiger partial charge < -0.3 is 15.4 Å². The normalized spacial score (nSPS) is 12.0. The van der Waals surface area contributed by atoms with Crippen LogP contribution in [0.25, 0.3) is 22.5 Å². The number of aryl methyl sites for hydroxylation is 3. The first-order chi connectivity index (χ1) is 20.6. The Labute approximate surface area is 250 Å². The van der Waals surface area contributed by atoms with Gasteiger partial charge in [0.2, 0.25) is 5.88 Å². The van der Waals surface area contributed by atoms with Gasteiger partial charge in [-0.2, -0.15) is 4.98 Å². The number of nitrogens with two attached hydrogens (primary N) is 1. The first-order valence-electron chi connectivity index (χ1n) is 14.4. The summed E-state index contributed by atoms with van der Waals surface area (Å²) in [6, 6.07) is 13.5. The zero-order valence-electron chi connectivity index (χ0n) is 25.3. The van der Waals surface area contributed by atoms with Gasteiger partial charge >= 0.3 is 0 Å². The van der Waals surface area contributed by atoms with E-state index in [1.807, 2.05) is 32.0 Å². The zero-order chi connectivity index (χ0) is 31.3. The summed E-state index contributed by atoms with van der Waals surface area (Å²) in [6.07, 6.45) is 5.96. The second kappa shape index (κ2) is 13.5. The molecule has 0 unspecified atom stereocenters. The van der Waals surface area contributed by atoms with Crippen molar-refractivity contribution in [3.8, 4) is 22.7 Å². The van der Waals surface area contributed by atoms with Crippen LogP contribution < -0.4 is 16.9 Å². The quantitative estimate of drug-likeness (QED) is 0.250. The van der Waals surface area contributed by atoms with E-state index >= 15 is 4.39 Å². The average molecular weight is 584 g/mol. The van der Waals surface area contributed by atoms with Gasteiger partial charge in [-0.25, -0.2) is 4.39 Å². The number of para-hydroxylation sites is 1. The fourth-order valence-corrected chi connectivity index (χ4v) is 4.98. The van der Waals surface area contributed by atoms with Crippen molar-refractivity contribution in [3.63, 3.8) is 0 Å². The monoisotopic (exact) mass is 583 g/mol. The smallest absolute Gasteiger partial charge is 0.265 e. The molecule has 2 heterocycles. The molecule has 2 aromatic heterocycles. The Hall–Kier alpha value is -4.79. The number of aromatic hydroxyl groups is 1. The van der Waals surface area contributed by atoms with Gasteiger partial charge in [-0.3, -0.25) is 19.1 Å². The lowest BCUT2D eigenvalue weighted by atomic mass is 10.00. The Balaban J connectivity index is 1.88. The number of allylic oxidation sites excluding steroid dienone is 1. The molecule has 9 heteroatoms. The second-order valence-electron chi connectivity index (χ2n) is 10.9. The first-order valence-corrected chi connectivity index (χ1v) is 14.4. The lowest BCUT2D eigenvalue weighted by Gasteiger charge is -2.20. The first kappa shape index (κ1) is 31.2. The molecule has 0 radical (unpaired) electrons. The van der Waals surface area contributed by atoms with E-state index in [2.05, 4.69) is 23.8 Å². The van der Waals surface area contributed by atoms with Gasteiger partial charge in [-0.15, -0.1) is 0 Å². The van der Waals surface area contributed by atoms with Crippen molar-refractivity contribution in [2.45, 2.75) is 47.0 Å². The van der Waals surface area contributed by atoms with Gasteiger partial charge in [-0.1, -0.05) is 58.0 Å². The van der Waals surface area contributed by atoms with Gasteiger partial charge in [0, 0.05) is 38.0 Å². The van der Waals surface area contributed by atoms with Crippen molar-refractivity contribution in [2.24, 2.45) is 23.7 Å². The number of aliphatic imine (C=N–C) groups is 1. The molecule has 0 bridgehead atoms. The van der Waals surface area contributed by atoms with Crippen molar-refractivity contribution in [1.29, 1.82) is 0 Å². The van der Waals surface area contributed by atoms with Crippen LogP contribution in [0.15, 0.2) is 75.4 Å². The number of aromatic nitrogens is 3. The van der Waals surface area contributed by atoms with E-state index in [1.165, 1.54) is 21.3 Å². The van der Waals surface area contributed by atoms with Crippen molar-refractivity contribution in [3.05, 3.63) is 115 Å². The van der Waals surface area contributed by atoms with E-state index in [0.717, 1.165) is 11.1 Å². The highest BCUT2D eigenvalue weighted by Crippen LogP contribution is 2.27. The molecule has 2 aromatic carbocycles. The van der Waals surface area contributed by atoms with E-state index in [-0.39, 0.29) is 40.2 Å². The SMILES string of the molecule is CCc1cccc(CC)c1-n1c(C(N)=CC=NCC(C)C)nc(O)c(Cc2ccc(-c3cccn(C)c3=O)c(F)c2)c1=O. The number of benzene rings is 2. The fourth-order valence-electron chi connectivity index (χ4n) is 4.98. The molecule has 0 fully saturated rings. The summed E-state index contributed by atoms with van der Waals surface area (Å²) >= 11 is 0. The maximum Gasteiger partial charge on any atom is 0.265 e. The molecule has 0 aliphatic carbocycles. The molecular formula is C34H38FN5O3. The average Bonchev–Trinajstić information content (AvgIpc) is 2.98. The summed E-state index contributed by atoms with van der Waals surface area (Å²) in [4.78, 5) is 35.6. The van der Waals surface area contributed by atoms with Crippen LogP contribution in [0.5, 0.6) is 5.88 Å². The highest BCUT2D eigenvalue weighted by atomic mass is 19.1. The molecule has 0 amide bonds. The van der Waals surface area contributed by atoms with Crippen LogP contribution in [0.2, 0.25) is 0 Å². The van der Waals surface area contributed by atoms with E-state index in [4.69, 9.17) is 5.73 Å². The predicted octanol–water partition coefficient (Wildman–Crippen LogP) is 5.18. The second-order valence-corrected chi connectivity index (χ2v) is 10.9. The van der Waals surface area contributed by atoms with Crippen LogP contribution in [0.4, 0.5) is 4.39 Å². The van der Waals surface area contributed by atoms with Crippen LogP contribution in [-0.2, 0) is 26.3 Å². The van der Waals surface area contributed by atoms with Gasteiger partial charge in [0.1, 0.15) is 5.82 Å². The topological polar surface area (TPSA) is 116 Å². The molecule has 0 aliphatic rings. The molecule has 3 N–H and O–H groups in total. The molecule has 224 valence electrons. The summed E-state index contributed by atoms with van der Waals surface area (Å²) < 4.78 is 18.1. The maximum atomic E-state index is 15.3. The highest BCUT2D eigenvalue weighted by molar-refractivity contribution is 5.82. The maximum absolute atomic E-state index is 15.3. The third-order valence-electron chi connectivity index (χ3n) is 7.26. The molecule has 0 aliphatic heterocycles. The number of rotatable bonds is 10. The number of pyridine rings is 1. The van der Waals surface area contributed by atoms with Crippen molar-refractivity contribution in [1.82, 2.24) is 14.1 Å². The van der Waals surface area contributed by atoms with E-state index < -0.39 is 17.3 Å². The molecule has 43 heavy (non-hydrogen) atoms. The Morgan fingerprint density at radius 1 is 1.05 bits per heavy atom. The third kappa shape index (κ3) is 6.66. The van der Waals surface area contributed by atoms with Crippen molar-refractivity contribution < 1.29 is 9.50 Å². The minimum atomic E-state index is -0.609. The Morgan fingerprint density at radius 3 is 2.37 bits per heavy atom. The standard InChI is InChI=1S/C34H38FN5O3/c1-6-23-10-8-11-24(7-2)30(23)40-31(29(36)15-16-37-20-21(3)4)38-32(41)27(34(40)43)18-22-13-14-25(28(35)19-22)26-12-9-17-39(5)33(26)42/h8-17,19,21,41H,6-7,18,20,36H2,1-5H3. The number of hydrogen-bond donors (Lipinski definition) is 2. The van der Waals surface area contributed by atoms with Gasteiger partial charge in [0.15, 0.2) is 5.82 Å². The minimum Gasteiger partial charge on any atom is -0.493 e. The molecular weight excluding hydrogens is 545 g/mol. The van der Waals surface area contributed by atoms with Gasteiger partial charge in [0.05, 0.1) is 22.5 Å². The Morgan fingerprint density at radius 2 is 1.74 bits per heavy atom. The molecule has 4 aromatic rings. The molecule has 0 atom stereocenters. The van der Waals surface area contributed by atoms with Crippen LogP contribution in [0.1, 0.15) is 55.8 Å². The summed E-state index contributed by atoms with van der Waals surface area (Å²) in [5.74, 6) is -0.631. The van der Waals surface area contributed by atoms with Gasteiger partial charge in [0.25, 0.3) is 11.1 Å². The van der Waals surface area contributed by atoms with E-state index in [9.17, 15) is 14.7 Å². The zero-order valence-corrected chi connectivity index (χ0v) is 25.3. The lowest BCUT2D eigenvalue weighted by Crippen LogP contribution is -2.30. The molecule has 0 saturated heterocycles. The summed E-state index contributed by atoms with van der Waals surface area (Å²) in [5, 5.41) is 11.0. The van der Waals surface area contributed by atoms with Crippen LogP contribution in [0.3, 0.4) is 0 Å². The fraction of sp³-hybridized carbons (Fsp3) is 0.294. The molecule has 0 saturated carbocycles. The Kier molecular flexibility index (Phi) is 9.75.